The molecule has 0 saturated carbocycles. The van der Waals surface area contributed by atoms with Crippen LogP contribution in [0.2, 0.25) is 0 Å². The summed E-state index contributed by atoms with van der Waals surface area (Å²) in [7, 11) is 0. The van der Waals surface area contributed by atoms with E-state index in [1.165, 1.54) is 4.90 Å². The summed E-state index contributed by atoms with van der Waals surface area (Å²) in [6.07, 6.45) is 2.69. The number of carbonyl (C=O) groups is 2. The number of likely N-dealkylation sites (tertiary alicyclic amines) is 1. The first-order chi connectivity index (χ1) is 12.0. The minimum absolute atomic E-state index is 0.00848. The van der Waals surface area contributed by atoms with Crippen LogP contribution in [-0.2, 0) is 16.1 Å². The van der Waals surface area contributed by atoms with Crippen molar-refractivity contribution < 1.29 is 19.2 Å². The minimum atomic E-state index is -1.03. The summed E-state index contributed by atoms with van der Waals surface area (Å²) >= 11 is 0. The molecule has 1 amide bonds. The summed E-state index contributed by atoms with van der Waals surface area (Å²) in [6, 6.07) is 7.23. The van der Waals surface area contributed by atoms with Crippen LogP contribution in [0.25, 0.3) is 0 Å². The van der Waals surface area contributed by atoms with E-state index in [-0.39, 0.29) is 6.54 Å². The third-order valence-corrected chi connectivity index (χ3v) is 4.55. The SMILES string of the molecule is NCCCCC(C(=O)N1CCC[C@H]1C(=O)O)N(F)Cc1ccccc1. The van der Waals surface area contributed by atoms with Crippen LogP contribution in [0.15, 0.2) is 30.3 Å². The number of amides is 1. The zero-order chi connectivity index (χ0) is 18.2. The van der Waals surface area contributed by atoms with Crippen LogP contribution >= 0.6 is 0 Å². The standard InChI is InChI=1S/C18H26FN3O3/c19-22(13-14-7-2-1-3-8-14)15(9-4-5-11-20)17(23)21-12-6-10-16(21)18(24)25/h1-3,7-8,15-16H,4-6,9-13,20H2,(H,24,25)/t15?,16-/m0/s1. The third kappa shape index (κ3) is 5.24. The zero-order valence-corrected chi connectivity index (χ0v) is 14.3. The molecule has 1 saturated heterocycles. The smallest absolute Gasteiger partial charge is 0.326 e. The minimum Gasteiger partial charge on any atom is -0.480 e. The molecule has 0 aliphatic carbocycles. The van der Waals surface area contributed by atoms with Gasteiger partial charge in [-0.1, -0.05) is 36.8 Å². The molecule has 6 nitrogen and oxygen atoms in total. The van der Waals surface area contributed by atoms with Gasteiger partial charge in [0.1, 0.15) is 12.1 Å². The number of aliphatic carboxylic acids is 1. The van der Waals surface area contributed by atoms with Gasteiger partial charge in [-0.3, -0.25) is 4.79 Å². The van der Waals surface area contributed by atoms with Crippen molar-refractivity contribution in [2.24, 2.45) is 5.73 Å². The quantitative estimate of drug-likeness (QED) is 0.524. The van der Waals surface area contributed by atoms with Crippen LogP contribution in [-0.4, -0.2) is 52.2 Å². The van der Waals surface area contributed by atoms with Crippen LogP contribution in [0, 0.1) is 0 Å². The normalized spacial score (nSPS) is 18.5. The molecule has 138 valence electrons. The molecule has 0 radical (unpaired) electrons. The second-order valence-electron chi connectivity index (χ2n) is 6.37. The predicted octanol–water partition coefficient (Wildman–Crippen LogP) is 1.95. The molecule has 1 aromatic rings. The molecule has 1 aliphatic heterocycles. The summed E-state index contributed by atoms with van der Waals surface area (Å²) in [5, 5.41) is 9.82. The molecule has 1 fully saturated rings. The van der Waals surface area contributed by atoms with Crippen molar-refractivity contribution in [2.45, 2.75) is 50.7 Å². The highest BCUT2D eigenvalue weighted by molar-refractivity contribution is 5.87. The maximum absolute atomic E-state index is 14.8. The molecule has 1 aromatic carbocycles. The van der Waals surface area contributed by atoms with Gasteiger partial charge in [0.15, 0.2) is 0 Å². The zero-order valence-electron chi connectivity index (χ0n) is 14.3. The summed E-state index contributed by atoms with van der Waals surface area (Å²) in [5.41, 5.74) is 6.26. The van der Waals surface area contributed by atoms with Crippen molar-refractivity contribution in [3.05, 3.63) is 35.9 Å². The number of carboxylic acids is 1. The lowest BCUT2D eigenvalue weighted by Crippen LogP contribution is -2.49. The average molecular weight is 351 g/mol. The number of rotatable bonds is 9. The van der Waals surface area contributed by atoms with Crippen molar-refractivity contribution in [3.63, 3.8) is 0 Å². The molecule has 1 unspecified atom stereocenters. The maximum Gasteiger partial charge on any atom is 0.326 e. The monoisotopic (exact) mass is 351 g/mol. The van der Waals surface area contributed by atoms with E-state index in [1.807, 2.05) is 18.2 Å². The van der Waals surface area contributed by atoms with E-state index in [4.69, 9.17) is 5.73 Å². The molecule has 3 N–H and O–H groups in total. The number of benzene rings is 1. The Morgan fingerprint density at radius 3 is 2.68 bits per heavy atom. The lowest BCUT2D eigenvalue weighted by atomic mass is 10.1. The number of carbonyl (C=O) groups excluding carboxylic acids is 1. The van der Waals surface area contributed by atoms with Crippen molar-refractivity contribution >= 4 is 11.9 Å². The van der Waals surface area contributed by atoms with E-state index in [9.17, 15) is 19.2 Å². The number of hydrogen-bond donors (Lipinski definition) is 2. The Balaban J connectivity index is 2.10. The Morgan fingerprint density at radius 2 is 2.04 bits per heavy atom. The van der Waals surface area contributed by atoms with E-state index < -0.39 is 24.0 Å². The second-order valence-corrected chi connectivity index (χ2v) is 6.37. The van der Waals surface area contributed by atoms with E-state index >= 15 is 0 Å². The largest absolute Gasteiger partial charge is 0.480 e. The molecule has 2 atom stereocenters. The van der Waals surface area contributed by atoms with Gasteiger partial charge in [-0.05, 0) is 37.8 Å². The molecule has 25 heavy (non-hydrogen) atoms. The highest BCUT2D eigenvalue weighted by Gasteiger charge is 2.39. The fourth-order valence-corrected chi connectivity index (χ4v) is 3.21. The summed E-state index contributed by atoms with van der Waals surface area (Å²) < 4.78 is 14.8. The highest BCUT2D eigenvalue weighted by Crippen LogP contribution is 2.23. The first kappa shape index (κ1) is 19.3. The second kappa shape index (κ2) is 9.48. The Hall–Kier alpha value is -1.99. The maximum atomic E-state index is 14.8. The molecular weight excluding hydrogens is 325 g/mol. The number of nitrogens with zero attached hydrogens (tertiary/aromatic N) is 2. The van der Waals surface area contributed by atoms with Crippen molar-refractivity contribution in [2.75, 3.05) is 13.1 Å². The topological polar surface area (TPSA) is 86.9 Å². The van der Waals surface area contributed by atoms with Gasteiger partial charge in [-0.2, -0.15) is 0 Å². The fourth-order valence-electron chi connectivity index (χ4n) is 3.21. The highest BCUT2D eigenvalue weighted by atomic mass is 19.2. The summed E-state index contributed by atoms with van der Waals surface area (Å²) in [6.45, 7) is 0.834. The average Bonchev–Trinajstić information content (AvgIpc) is 3.09. The van der Waals surface area contributed by atoms with Gasteiger partial charge in [-0.15, -0.1) is 9.60 Å². The van der Waals surface area contributed by atoms with Crippen LogP contribution in [0.1, 0.15) is 37.7 Å². The molecular formula is C18H26FN3O3. The van der Waals surface area contributed by atoms with Crippen molar-refractivity contribution in [1.82, 2.24) is 10.0 Å². The Morgan fingerprint density at radius 1 is 1.32 bits per heavy atom. The molecule has 1 aliphatic rings. The predicted molar refractivity (Wildman–Crippen MR) is 92.2 cm³/mol. The number of nitrogens with two attached hydrogens (primary N) is 1. The fraction of sp³-hybridized carbons (Fsp3) is 0.556. The third-order valence-electron chi connectivity index (χ3n) is 4.55. The molecule has 1 heterocycles. The van der Waals surface area contributed by atoms with Crippen molar-refractivity contribution in [1.29, 1.82) is 0 Å². The van der Waals surface area contributed by atoms with Crippen LogP contribution in [0.4, 0.5) is 4.48 Å². The van der Waals surface area contributed by atoms with Gasteiger partial charge < -0.3 is 15.7 Å². The van der Waals surface area contributed by atoms with Gasteiger partial charge in [-0.25, -0.2) is 4.79 Å². The van der Waals surface area contributed by atoms with Crippen molar-refractivity contribution in [3.8, 4) is 0 Å². The van der Waals surface area contributed by atoms with Gasteiger partial charge in [0.2, 0.25) is 5.91 Å². The molecule has 0 spiro atoms. The van der Waals surface area contributed by atoms with E-state index in [0.717, 1.165) is 5.56 Å². The first-order valence-corrected chi connectivity index (χ1v) is 8.74. The van der Waals surface area contributed by atoms with Gasteiger partial charge in [0.25, 0.3) is 0 Å². The van der Waals surface area contributed by atoms with Gasteiger partial charge >= 0.3 is 5.97 Å². The molecule has 0 bridgehead atoms. The van der Waals surface area contributed by atoms with Gasteiger partial charge in [0.05, 0.1) is 6.54 Å². The lowest BCUT2D eigenvalue weighted by Gasteiger charge is -2.29. The van der Waals surface area contributed by atoms with E-state index in [2.05, 4.69) is 0 Å². The first-order valence-electron chi connectivity index (χ1n) is 8.74. The summed E-state index contributed by atoms with van der Waals surface area (Å²) in [4.78, 5) is 25.5. The molecule has 2 rings (SSSR count). The summed E-state index contributed by atoms with van der Waals surface area (Å²) in [5.74, 6) is -1.47. The number of hydrogen-bond acceptors (Lipinski definition) is 4. The van der Waals surface area contributed by atoms with E-state index in [1.54, 1.807) is 12.1 Å². The Bertz CT molecular complexity index is 570. The Kier molecular flexibility index (Phi) is 7.33. The van der Waals surface area contributed by atoms with Crippen LogP contribution in [0.5, 0.6) is 0 Å². The van der Waals surface area contributed by atoms with Crippen LogP contribution < -0.4 is 5.73 Å². The van der Waals surface area contributed by atoms with Gasteiger partial charge in [0, 0.05) is 6.54 Å². The number of carboxylic acid groups (broad SMARTS) is 1. The number of unbranched alkanes of at least 4 members (excludes halogenated alkanes) is 1. The Labute approximate surface area is 147 Å². The molecule has 7 heteroatoms. The number of halogens is 1. The van der Waals surface area contributed by atoms with E-state index in [0.29, 0.717) is 50.3 Å². The molecule has 0 aromatic heterocycles. The van der Waals surface area contributed by atoms with Crippen LogP contribution in [0.3, 0.4) is 0 Å². The lowest BCUT2D eigenvalue weighted by molar-refractivity contribution is -0.155.